The van der Waals surface area contributed by atoms with Gasteiger partial charge in [-0.15, -0.1) is 6.42 Å². The fourth-order valence-corrected chi connectivity index (χ4v) is 2.76. The minimum Gasteiger partial charge on any atom is -0.335 e. The molecular formula is C16H10ClN3O2S. The highest BCUT2D eigenvalue weighted by Crippen LogP contribution is 2.27. The molecule has 114 valence electrons. The van der Waals surface area contributed by atoms with Gasteiger partial charge in [-0.3, -0.25) is 20.2 Å². The van der Waals surface area contributed by atoms with Gasteiger partial charge >= 0.3 is 0 Å². The van der Waals surface area contributed by atoms with E-state index in [1.165, 1.54) is 6.08 Å². The fourth-order valence-electron chi connectivity index (χ4n) is 2.40. The minimum atomic E-state index is -0.543. The molecule has 1 aliphatic rings. The monoisotopic (exact) mass is 343 g/mol. The highest BCUT2D eigenvalue weighted by Gasteiger charge is 2.26. The van der Waals surface area contributed by atoms with Gasteiger partial charge in [-0.1, -0.05) is 17.5 Å². The fraction of sp³-hybridized carbons (Fsp3) is 0.0625. The second kappa shape index (κ2) is 5.88. The summed E-state index contributed by atoms with van der Waals surface area (Å²) in [6.07, 6.45) is 8.66. The van der Waals surface area contributed by atoms with E-state index in [4.69, 9.17) is 30.2 Å². The molecule has 23 heavy (non-hydrogen) atoms. The van der Waals surface area contributed by atoms with E-state index >= 15 is 0 Å². The minimum absolute atomic E-state index is 0.00467. The van der Waals surface area contributed by atoms with Gasteiger partial charge in [0.15, 0.2) is 5.11 Å². The van der Waals surface area contributed by atoms with E-state index in [2.05, 4.69) is 16.6 Å². The Labute approximate surface area is 142 Å². The van der Waals surface area contributed by atoms with Gasteiger partial charge in [0.05, 0.1) is 6.54 Å². The molecule has 0 spiro atoms. The Morgan fingerprint density at radius 2 is 2.00 bits per heavy atom. The second-order valence-corrected chi connectivity index (χ2v) is 5.72. The number of hydrogen-bond donors (Lipinski definition) is 2. The summed E-state index contributed by atoms with van der Waals surface area (Å²) in [5.41, 5.74) is 1.51. The predicted octanol–water partition coefficient (Wildman–Crippen LogP) is 1.84. The summed E-state index contributed by atoms with van der Waals surface area (Å²) in [5.74, 6) is 1.48. The van der Waals surface area contributed by atoms with Gasteiger partial charge in [-0.2, -0.15) is 0 Å². The molecular weight excluding hydrogens is 334 g/mol. The number of nitrogens with one attached hydrogen (secondary N) is 2. The van der Waals surface area contributed by atoms with Gasteiger partial charge in [-0.05, 0) is 36.5 Å². The quantitative estimate of drug-likeness (QED) is 0.378. The Balaban J connectivity index is 2.16. The van der Waals surface area contributed by atoms with Gasteiger partial charge in [0.1, 0.15) is 5.57 Å². The van der Waals surface area contributed by atoms with E-state index in [-0.39, 0.29) is 10.7 Å². The number of terminal acetylenes is 1. The molecule has 7 heteroatoms. The zero-order chi connectivity index (χ0) is 16.6. The molecule has 5 nitrogen and oxygen atoms in total. The lowest BCUT2D eigenvalue weighted by molar-refractivity contribution is -0.123. The highest BCUT2D eigenvalue weighted by atomic mass is 35.5. The van der Waals surface area contributed by atoms with Gasteiger partial charge in [0.2, 0.25) is 0 Å². The molecule has 1 saturated heterocycles. The van der Waals surface area contributed by atoms with Crippen molar-refractivity contribution in [2.45, 2.75) is 6.54 Å². The normalized spacial score (nSPS) is 14.4. The number of thiocarbonyl (C=S) groups is 1. The summed E-state index contributed by atoms with van der Waals surface area (Å²) in [7, 11) is 0. The molecule has 0 aliphatic carbocycles. The molecule has 0 unspecified atom stereocenters. The lowest BCUT2D eigenvalue weighted by atomic mass is 10.1. The number of rotatable bonds is 2. The van der Waals surface area contributed by atoms with Crippen LogP contribution < -0.4 is 10.6 Å². The Hall–Kier alpha value is -2.62. The van der Waals surface area contributed by atoms with Crippen molar-refractivity contribution in [2.75, 3.05) is 0 Å². The van der Waals surface area contributed by atoms with E-state index in [0.29, 0.717) is 17.1 Å². The van der Waals surface area contributed by atoms with E-state index < -0.39 is 11.8 Å². The summed E-state index contributed by atoms with van der Waals surface area (Å²) >= 11 is 10.8. The zero-order valence-electron chi connectivity index (χ0n) is 11.7. The first-order chi connectivity index (χ1) is 11.0. The molecule has 0 saturated carbocycles. The van der Waals surface area contributed by atoms with Crippen molar-refractivity contribution in [1.29, 1.82) is 0 Å². The maximum atomic E-state index is 12.0. The lowest BCUT2D eigenvalue weighted by Crippen LogP contribution is -2.51. The van der Waals surface area contributed by atoms with Crippen molar-refractivity contribution in [1.82, 2.24) is 15.2 Å². The molecule has 2 N–H and O–H groups in total. The number of hydrogen-bond acceptors (Lipinski definition) is 3. The van der Waals surface area contributed by atoms with E-state index in [9.17, 15) is 9.59 Å². The van der Waals surface area contributed by atoms with Crippen LogP contribution in [0.25, 0.3) is 17.0 Å². The van der Waals surface area contributed by atoms with Crippen LogP contribution in [0.5, 0.6) is 0 Å². The van der Waals surface area contributed by atoms with Crippen molar-refractivity contribution in [3.8, 4) is 12.3 Å². The SMILES string of the molecule is C#CCn1cc(C=C2C(=O)NC(=S)NC2=O)c2cc(Cl)ccc21. The van der Waals surface area contributed by atoms with E-state index in [0.717, 1.165) is 10.9 Å². The van der Waals surface area contributed by atoms with Crippen molar-refractivity contribution >= 4 is 57.7 Å². The van der Waals surface area contributed by atoms with Crippen LogP contribution >= 0.6 is 23.8 Å². The third-order valence-corrected chi connectivity index (χ3v) is 3.82. The number of benzene rings is 1. The Bertz CT molecular complexity index is 915. The van der Waals surface area contributed by atoms with E-state index in [1.807, 2.05) is 10.6 Å². The second-order valence-electron chi connectivity index (χ2n) is 4.87. The Morgan fingerprint density at radius 1 is 1.30 bits per heavy atom. The average molecular weight is 344 g/mol. The number of nitrogens with zero attached hydrogens (tertiary/aromatic N) is 1. The Morgan fingerprint density at radius 3 is 2.65 bits per heavy atom. The third-order valence-electron chi connectivity index (χ3n) is 3.38. The van der Waals surface area contributed by atoms with Gasteiger partial charge in [0, 0.05) is 27.7 Å². The number of carbonyl (C=O) groups is 2. The van der Waals surface area contributed by atoms with Gasteiger partial charge < -0.3 is 4.57 Å². The first-order valence-electron chi connectivity index (χ1n) is 6.60. The summed E-state index contributed by atoms with van der Waals surface area (Å²) in [4.78, 5) is 23.9. The van der Waals surface area contributed by atoms with E-state index in [1.54, 1.807) is 18.3 Å². The largest absolute Gasteiger partial charge is 0.335 e. The number of fused-ring (bicyclic) bond motifs is 1. The zero-order valence-corrected chi connectivity index (χ0v) is 13.3. The molecule has 1 aromatic heterocycles. The first-order valence-corrected chi connectivity index (χ1v) is 7.38. The van der Waals surface area contributed by atoms with Crippen LogP contribution in [-0.2, 0) is 16.1 Å². The molecule has 0 atom stereocenters. The smallest absolute Gasteiger partial charge is 0.263 e. The molecule has 0 bridgehead atoms. The topological polar surface area (TPSA) is 63.1 Å². The summed E-state index contributed by atoms with van der Waals surface area (Å²) in [6, 6.07) is 5.36. The number of halogens is 1. The van der Waals surface area contributed by atoms with Crippen LogP contribution in [0, 0.1) is 12.3 Å². The molecule has 2 amide bonds. The van der Waals surface area contributed by atoms with Crippen molar-refractivity contribution in [3.05, 3.63) is 40.6 Å². The number of amides is 2. The summed E-state index contributed by atoms with van der Waals surface area (Å²) < 4.78 is 1.85. The summed E-state index contributed by atoms with van der Waals surface area (Å²) in [5, 5.41) is 6.14. The third kappa shape index (κ3) is 2.84. The van der Waals surface area contributed by atoms with Crippen LogP contribution in [0.3, 0.4) is 0 Å². The first kappa shape index (κ1) is 15.3. The van der Waals surface area contributed by atoms with Crippen molar-refractivity contribution in [2.24, 2.45) is 0 Å². The van der Waals surface area contributed by atoms with Gasteiger partial charge in [-0.25, -0.2) is 0 Å². The standard InChI is InChI=1S/C16H10ClN3O2S/c1-2-5-20-8-9(11-7-10(17)3-4-13(11)20)6-12-14(21)18-16(23)19-15(12)22/h1,3-4,6-8H,5H2,(H2,18,19,21,22,23). The highest BCUT2D eigenvalue weighted by molar-refractivity contribution is 7.80. The van der Waals surface area contributed by atoms with Crippen molar-refractivity contribution in [3.63, 3.8) is 0 Å². The summed E-state index contributed by atoms with van der Waals surface area (Å²) in [6.45, 7) is 0.365. The van der Waals surface area contributed by atoms with Crippen LogP contribution in [0.1, 0.15) is 5.56 Å². The molecule has 1 fully saturated rings. The molecule has 2 heterocycles. The molecule has 2 aromatic rings. The van der Waals surface area contributed by atoms with Crippen LogP contribution in [-0.4, -0.2) is 21.5 Å². The molecule has 1 aliphatic heterocycles. The maximum absolute atomic E-state index is 12.0. The lowest BCUT2D eigenvalue weighted by Gasteiger charge is -2.16. The molecule has 1 aromatic carbocycles. The Kier molecular flexibility index (Phi) is 3.90. The number of aromatic nitrogens is 1. The predicted molar refractivity (Wildman–Crippen MR) is 92.6 cm³/mol. The molecule has 3 rings (SSSR count). The molecule has 0 radical (unpaired) electrons. The van der Waals surface area contributed by atoms with Crippen LogP contribution in [0.2, 0.25) is 5.02 Å². The maximum Gasteiger partial charge on any atom is 0.263 e. The van der Waals surface area contributed by atoms with Crippen LogP contribution in [0.4, 0.5) is 0 Å². The van der Waals surface area contributed by atoms with Gasteiger partial charge in [0.25, 0.3) is 11.8 Å². The van der Waals surface area contributed by atoms with Crippen molar-refractivity contribution < 1.29 is 9.59 Å². The average Bonchev–Trinajstić information content (AvgIpc) is 2.80. The van der Waals surface area contributed by atoms with Crippen LogP contribution in [0.15, 0.2) is 30.0 Å². The number of carbonyl (C=O) groups excluding carboxylic acids is 2.